The molecule has 13 heteroatoms. The number of likely N-dealkylation sites (tertiary alicyclic amines) is 1. The number of hydrogen-bond donors (Lipinski definition) is 1. The summed E-state index contributed by atoms with van der Waals surface area (Å²) in [5.41, 5.74) is 0.308. The molecule has 4 aliphatic rings. The standard InChI is InChI=1S/C33H39ClFN3O7Si/c1-19-31(46(3,4)35)27(15-28(41)36-13-5-6-24(36)18-39)45-33(19)25-14-22(34)9-12-26(25)37(32(33)43)17-21-7-10-23(11-8-21)38-29(42)16-30(38)44-20(2)40/h7-12,14,19,24,27,30-31,39H,5-6,13,15-18H2,1-4H3/t19-,24+,27+,30?,31-,33+/m1/s1. The summed E-state index contributed by atoms with van der Waals surface area (Å²) in [6.45, 7) is 6.87. The van der Waals surface area contributed by atoms with Crippen molar-refractivity contribution < 1.29 is 37.9 Å². The van der Waals surface area contributed by atoms with Crippen LogP contribution in [0.4, 0.5) is 15.5 Å². The Morgan fingerprint density at radius 2 is 1.89 bits per heavy atom. The molecule has 1 spiro atoms. The molecular weight excluding hydrogens is 633 g/mol. The predicted octanol–water partition coefficient (Wildman–Crippen LogP) is 4.66. The van der Waals surface area contributed by atoms with E-state index in [4.69, 9.17) is 21.1 Å². The van der Waals surface area contributed by atoms with E-state index in [-0.39, 0.29) is 49.8 Å². The molecule has 0 radical (unpaired) electrons. The fourth-order valence-electron chi connectivity index (χ4n) is 7.95. The van der Waals surface area contributed by atoms with Crippen molar-refractivity contribution in [2.75, 3.05) is 23.0 Å². The summed E-state index contributed by atoms with van der Waals surface area (Å²) in [6.07, 6.45) is 0.0594. The minimum absolute atomic E-state index is 0.0815. The number of β-lactam (4-membered cyclic amide) rings is 1. The van der Waals surface area contributed by atoms with Crippen molar-refractivity contribution in [3.63, 3.8) is 0 Å². The van der Waals surface area contributed by atoms with Gasteiger partial charge in [-0.05, 0) is 61.8 Å². The fraction of sp³-hybridized carbons (Fsp3) is 0.515. The highest BCUT2D eigenvalue weighted by atomic mass is 35.5. The summed E-state index contributed by atoms with van der Waals surface area (Å²) in [6, 6.07) is 12.0. The van der Waals surface area contributed by atoms with Crippen LogP contribution in [-0.4, -0.2) is 73.6 Å². The molecule has 0 aromatic heterocycles. The number of nitrogens with zero attached hydrogens (tertiary/aromatic N) is 3. The number of amides is 3. The summed E-state index contributed by atoms with van der Waals surface area (Å²) in [7, 11) is -3.49. The smallest absolute Gasteiger partial charge is 0.304 e. The lowest BCUT2D eigenvalue weighted by atomic mass is 9.82. The minimum atomic E-state index is -3.49. The summed E-state index contributed by atoms with van der Waals surface area (Å²) in [4.78, 5) is 56.5. The molecule has 3 amide bonds. The average Bonchev–Trinajstić information content (AvgIpc) is 3.64. The monoisotopic (exact) mass is 671 g/mol. The van der Waals surface area contributed by atoms with E-state index in [9.17, 15) is 24.3 Å². The summed E-state index contributed by atoms with van der Waals surface area (Å²) in [5.74, 6) is -1.77. The first-order chi connectivity index (χ1) is 21.8. The zero-order chi connectivity index (χ0) is 33.1. The second kappa shape index (κ2) is 12.0. The van der Waals surface area contributed by atoms with Crippen LogP contribution in [-0.2, 0) is 40.8 Å². The highest BCUT2D eigenvalue weighted by molar-refractivity contribution is 6.72. The number of aliphatic hydroxyl groups excluding tert-OH is 1. The molecule has 2 aromatic carbocycles. The third-order valence-electron chi connectivity index (χ3n) is 9.97. The maximum atomic E-state index is 16.2. The van der Waals surface area contributed by atoms with Crippen LogP contribution in [0.5, 0.6) is 0 Å². The Balaban J connectivity index is 1.30. The molecule has 0 saturated carbocycles. The molecule has 0 aliphatic carbocycles. The first-order valence-corrected chi connectivity index (χ1v) is 19.1. The molecule has 1 unspecified atom stereocenters. The number of aliphatic hydroxyl groups is 1. The highest BCUT2D eigenvalue weighted by Crippen LogP contribution is 2.60. The molecule has 1 N–H and O–H groups in total. The van der Waals surface area contributed by atoms with E-state index in [0.29, 0.717) is 34.9 Å². The molecule has 6 atom stereocenters. The summed E-state index contributed by atoms with van der Waals surface area (Å²) in [5, 5.41) is 10.2. The van der Waals surface area contributed by atoms with Crippen molar-refractivity contribution >= 4 is 55.1 Å². The van der Waals surface area contributed by atoms with Crippen LogP contribution in [0.15, 0.2) is 42.5 Å². The van der Waals surface area contributed by atoms with Gasteiger partial charge in [-0.2, -0.15) is 0 Å². The van der Waals surface area contributed by atoms with Gasteiger partial charge in [-0.3, -0.25) is 24.1 Å². The number of ether oxygens (including phenoxy) is 2. The number of carbonyl (C=O) groups excluding carboxylic acids is 4. The molecule has 3 saturated heterocycles. The third kappa shape index (κ3) is 5.42. The molecule has 2 aromatic rings. The van der Waals surface area contributed by atoms with Gasteiger partial charge in [0.2, 0.25) is 20.2 Å². The zero-order valence-corrected chi connectivity index (χ0v) is 28.1. The van der Waals surface area contributed by atoms with Gasteiger partial charge in [0.25, 0.3) is 5.91 Å². The van der Waals surface area contributed by atoms with E-state index in [1.54, 1.807) is 65.4 Å². The van der Waals surface area contributed by atoms with Crippen LogP contribution in [0.25, 0.3) is 0 Å². The molecule has 4 aliphatic heterocycles. The van der Waals surface area contributed by atoms with Gasteiger partial charge < -0.3 is 28.5 Å². The summed E-state index contributed by atoms with van der Waals surface area (Å²) >= 11 is 6.48. The van der Waals surface area contributed by atoms with E-state index < -0.39 is 43.8 Å². The molecule has 46 heavy (non-hydrogen) atoms. The van der Waals surface area contributed by atoms with Gasteiger partial charge in [0.15, 0.2) is 11.8 Å². The zero-order valence-electron chi connectivity index (χ0n) is 26.4. The first-order valence-electron chi connectivity index (χ1n) is 15.7. The second-order valence-electron chi connectivity index (χ2n) is 13.3. The van der Waals surface area contributed by atoms with Crippen LogP contribution >= 0.6 is 11.6 Å². The van der Waals surface area contributed by atoms with Crippen molar-refractivity contribution in [3.05, 3.63) is 58.6 Å². The molecule has 246 valence electrons. The van der Waals surface area contributed by atoms with Crippen LogP contribution in [0.3, 0.4) is 0 Å². The maximum absolute atomic E-state index is 16.2. The van der Waals surface area contributed by atoms with Gasteiger partial charge in [-0.1, -0.05) is 30.7 Å². The van der Waals surface area contributed by atoms with E-state index in [1.165, 1.54) is 11.8 Å². The third-order valence-corrected chi connectivity index (χ3v) is 12.7. The Morgan fingerprint density at radius 1 is 1.17 bits per heavy atom. The van der Waals surface area contributed by atoms with E-state index in [0.717, 1.165) is 12.0 Å². The number of anilines is 2. The minimum Gasteiger partial charge on any atom is -0.441 e. The fourth-order valence-corrected chi connectivity index (χ4v) is 10.6. The number of esters is 1. The first kappa shape index (κ1) is 32.6. The second-order valence-corrected chi connectivity index (χ2v) is 17.5. The van der Waals surface area contributed by atoms with Crippen LogP contribution < -0.4 is 9.80 Å². The summed E-state index contributed by atoms with van der Waals surface area (Å²) < 4.78 is 28.1. The van der Waals surface area contributed by atoms with Crippen molar-refractivity contribution in [1.29, 1.82) is 0 Å². The number of benzene rings is 2. The van der Waals surface area contributed by atoms with Gasteiger partial charge in [-0.25, -0.2) is 0 Å². The largest absolute Gasteiger partial charge is 0.441 e. The Morgan fingerprint density at radius 3 is 2.52 bits per heavy atom. The topological polar surface area (TPSA) is 117 Å². The van der Waals surface area contributed by atoms with Gasteiger partial charge in [0.1, 0.15) is 0 Å². The number of fused-ring (bicyclic) bond motifs is 2. The molecule has 10 nitrogen and oxygen atoms in total. The molecule has 4 heterocycles. The lowest BCUT2D eigenvalue weighted by molar-refractivity contribution is -0.154. The quantitative estimate of drug-likeness (QED) is 0.188. The van der Waals surface area contributed by atoms with Crippen LogP contribution in [0, 0.1) is 5.92 Å². The number of carbonyl (C=O) groups is 4. The van der Waals surface area contributed by atoms with Crippen molar-refractivity contribution in [2.45, 2.75) is 88.7 Å². The van der Waals surface area contributed by atoms with Crippen LogP contribution in [0.2, 0.25) is 23.7 Å². The molecule has 0 bridgehead atoms. The SMILES string of the molecule is CC(=O)OC1CC(=O)N1c1ccc(CN2C(=O)[C@@]3(O[C@@H](CC(=O)N4CCC[C@H]4CO)[C@H]([Si](C)(C)F)[C@H]3C)c3cc(Cl)ccc32)cc1. The lowest BCUT2D eigenvalue weighted by Crippen LogP contribution is -2.54. The van der Waals surface area contributed by atoms with Gasteiger partial charge in [0, 0.05) is 41.2 Å². The van der Waals surface area contributed by atoms with Gasteiger partial charge in [-0.15, -0.1) is 0 Å². The number of halogens is 2. The van der Waals surface area contributed by atoms with Crippen molar-refractivity contribution in [1.82, 2.24) is 4.90 Å². The highest BCUT2D eigenvalue weighted by Gasteiger charge is 2.67. The van der Waals surface area contributed by atoms with Crippen molar-refractivity contribution in [2.24, 2.45) is 5.92 Å². The maximum Gasteiger partial charge on any atom is 0.304 e. The Hall–Kier alpha value is -3.32. The van der Waals surface area contributed by atoms with E-state index in [2.05, 4.69) is 0 Å². The molecular formula is C33H39ClFN3O7Si. The number of hydrogen-bond acceptors (Lipinski definition) is 7. The Bertz CT molecular complexity index is 1570. The average molecular weight is 672 g/mol. The number of rotatable bonds is 8. The van der Waals surface area contributed by atoms with Gasteiger partial charge >= 0.3 is 5.97 Å². The normalized spacial score (nSPS) is 29.0. The van der Waals surface area contributed by atoms with Crippen LogP contribution in [0.1, 0.15) is 50.7 Å². The van der Waals surface area contributed by atoms with Crippen molar-refractivity contribution in [3.8, 4) is 0 Å². The predicted molar refractivity (Wildman–Crippen MR) is 171 cm³/mol. The van der Waals surface area contributed by atoms with E-state index in [1.807, 2.05) is 6.92 Å². The van der Waals surface area contributed by atoms with E-state index >= 15 is 4.11 Å². The molecule has 6 rings (SSSR count). The van der Waals surface area contributed by atoms with Gasteiger partial charge in [0.05, 0.1) is 43.8 Å². The Kier molecular flexibility index (Phi) is 8.54. The lowest BCUT2D eigenvalue weighted by Gasteiger charge is -2.39. The Labute approximate surface area is 273 Å². The molecule has 3 fully saturated rings.